The predicted octanol–water partition coefficient (Wildman–Crippen LogP) is 0.881. The molecule has 1 N–H and O–H groups in total. The minimum atomic E-state index is -0.764. The normalized spacial score (nSPS) is 10.6. The standard InChI is InChI=1S/C8H9N5O3S/c1-2-3-9-6-5(13(15)16)7(14)12-8(11-6)17-4-10-12/h4,9H,2-3H2,1H3. The zero-order valence-corrected chi connectivity index (χ0v) is 9.73. The van der Waals surface area contributed by atoms with Crippen LogP contribution in [0.4, 0.5) is 11.5 Å². The van der Waals surface area contributed by atoms with Crippen LogP contribution in [-0.4, -0.2) is 26.1 Å². The Morgan fingerprint density at radius 1 is 1.65 bits per heavy atom. The fourth-order valence-electron chi connectivity index (χ4n) is 1.31. The van der Waals surface area contributed by atoms with Gasteiger partial charge in [-0.2, -0.15) is 14.6 Å². The molecule has 0 aliphatic carbocycles. The maximum Gasteiger partial charge on any atom is 0.377 e. The Bertz CT molecular complexity index is 619. The van der Waals surface area contributed by atoms with Gasteiger partial charge in [-0.25, -0.2) is 0 Å². The van der Waals surface area contributed by atoms with Crippen molar-refractivity contribution >= 4 is 27.8 Å². The number of hydrogen-bond acceptors (Lipinski definition) is 7. The fraction of sp³-hybridized carbons (Fsp3) is 0.375. The van der Waals surface area contributed by atoms with Crippen LogP contribution in [0, 0.1) is 10.1 Å². The molecule has 2 aromatic rings. The molecule has 2 heterocycles. The smallest absolute Gasteiger partial charge is 0.364 e. The molecule has 0 fully saturated rings. The zero-order chi connectivity index (χ0) is 12.4. The molecule has 9 heteroatoms. The van der Waals surface area contributed by atoms with Gasteiger partial charge in [-0.15, -0.1) is 0 Å². The Morgan fingerprint density at radius 2 is 2.41 bits per heavy atom. The molecule has 0 saturated carbocycles. The fourth-order valence-corrected chi connectivity index (χ4v) is 1.92. The predicted molar refractivity (Wildman–Crippen MR) is 62.6 cm³/mol. The third kappa shape index (κ3) is 1.96. The van der Waals surface area contributed by atoms with E-state index < -0.39 is 16.2 Å². The van der Waals surface area contributed by atoms with E-state index in [2.05, 4.69) is 15.4 Å². The molecule has 17 heavy (non-hydrogen) atoms. The van der Waals surface area contributed by atoms with Gasteiger partial charge >= 0.3 is 11.2 Å². The number of nitrogens with zero attached hydrogens (tertiary/aromatic N) is 4. The van der Waals surface area contributed by atoms with Crippen LogP contribution in [-0.2, 0) is 0 Å². The SMILES string of the molecule is CCCNc1nc2scnn2c(=O)c1[N+](=O)[O-]. The number of fused-ring (bicyclic) bond motifs is 1. The third-order valence-corrected chi connectivity index (χ3v) is 2.73. The van der Waals surface area contributed by atoms with Crippen LogP contribution in [0.1, 0.15) is 13.3 Å². The largest absolute Gasteiger partial charge is 0.377 e. The van der Waals surface area contributed by atoms with Gasteiger partial charge in [-0.3, -0.25) is 14.9 Å². The summed E-state index contributed by atoms with van der Waals surface area (Å²) in [5.74, 6) is 0.00565. The molecule has 0 unspecified atom stereocenters. The van der Waals surface area contributed by atoms with E-state index in [1.165, 1.54) is 5.51 Å². The summed E-state index contributed by atoms with van der Waals surface area (Å²) in [7, 11) is 0. The molecular weight excluding hydrogens is 246 g/mol. The van der Waals surface area contributed by atoms with Gasteiger partial charge in [0.15, 0.2) is 0 Å². The van der Waals surface area contributed by atoms with Crippen molar-refractivity contribution in [3.05, 3.63) is 26.0 Å². The number of nitro groups is 1. The molecule has 90 valence electrons. The van der Waals surface area contributed by atoms with Gasteiger partial charge in [0.25, 0.3) is 0 Å². The highest BCUT2D eigenvalue weighted by Crippen LogP contribution is 2.18. The Balaban J connectivity index is 2.66. The Hall–Kier alpha value is -2.03. The van der Waals surface area contributed by atoms with Gasteiger partial charge in [0.2, 0.25) is 10.8 Å². The van der Waals surface area contributed by atoms with Crippen LogP contribution in [0.5, 0.6) is 0 Å². The van der Waals surface area contributed by atoms with E-state index >= 15 is 0 Å². The molecule has 0 atom stereocenters. The molecular formula is C8H9N5O3S. The van der Waals surface area contributed by atoms with Crippen molar-refractivity contribution in [3.63, 3.8) is 0 Å². The second kappa shape index (κ2) is 4.45. The lowest BCUT2D eigenvalue weighted by molar-refractivity contribution is -0.385. The number of hydrogen-bond donors (Lipinski definition) is 1. The lowest BCUT2D eigenvalue weighted by Crippen LogP contribution is -2.21. The highest BCUT2D eigenvalue weighted by atomic mass is 32.1. The Labute approximate surface area is 99.1 Å². The number of nitrogens with one attached hydrogen (secondary N) is 1. The van der Waals surface area contributed by atoms with Crippen molar-refractivity contribution in [2.45, 2.75) is 13.3 Å². The number of anilines is 1. The van der Waals surface area contributed by atoms with Crippen LogP contribution in [0.2, 0.25) is 0 Å². The Kier molecular flexibility index (Phi) is 3.00. The molecule has 0 aromatic carbocycles. The summed E-state index contributed by atoms with van der Waals surface area (Å²) in [6.07, 6.45) is 0.779. The van der Waals surface area contributed by atoms with E-state index in [-0.39, 0.29) is 5.82 Å². The van der Waals surface area contributed by atoms with Crippen molar-refractivity contribution in [3.8, 4) is 0 Å². The van der Waals surface area contributed by atoms with E-state index in [1.54, 1.807) is 0 Å². The third-order valence-electron chi connectivity index (χ3n) is 2.05. The molecule has 0 radical (unpaired) electrons. The lowest BCUT2D eigenvalue weighted by atomic mass is 10.4. The van der Waals surface area contributed by atoms with Gasteiger partial charge in [-0.05, 0) is 6.42 Å². The summed E-state index contributed by atoms with van der Waals surface area (Å²) in [6.45, 7) is 2.43. The van der Waals surface area contributed by atoms with Crippen LogP contribution in [0.25, 0.3) is 4.96 Å². The summed E-state index contributed by atoms with van der Waals surface area (Å²) in [5.41, 5.74) is 0.0820. The topological polar surface area (TPSA) is 102 Å². The molecule has 0 aliphatic heterocycles. The zero-order valence-electron chi connectivity index (χ0n) is 8.91. The second-order valence-electron chi connectivity index (χ2n) is 3.23. The van der Waals surface area contributed by atoms with E-state index in [4.69, 9.17) is 0 Å². The van der Waals surface area contributed by atoms with E-state index in [9.17, 15) is 14.9 Å². The summed E-state index contributed by atoms with van der Waals surface area (Å²) in [5, 5.41) is 17.3. The van der Waals surface area contributed by atoms with Crippen molar-refractivity contribution < 1.29 is 4.92 Å². The average molecular weight is 255 g/mol. The van der Waals surface area contributed by atoms with Gasteiger partial charge in [-0.1, -0.05) is 18.3 Å². The van der Waals surface area contributed by atoms with Crippen molar-refractivity contribution in [2.24, 2.45) is 0 Å². The first kappa shape index (κ1) is 11.5. The molecule has 0 spiro atoms. The van der Waals surface area contributed by atoms with E-state index in [0.717, 1.165) is 22.3 Å². The summed E-state index contributed by atoms with van der Waals surface area (Å²) in [4.78, 5) is 26.3. The molecule has 0 amide bonds. The van der Waals surface area contributed by atoms with Gasteiger partial charge < -0.3 is 5.32 Å². The van der Waals surface area contributed by atoms with Gasteiger partial charge in [0.05, 0.1) is 4.92 Å². The molecule has 0 aliphatic rings. The second-order valence-corrected chi connectivity index (χ2v) is 4.04. The van der Waals surface area contributed by atoms with Gasteiger partial charge in [0.1, 0.15) is 5.51 Å². The molecule has 0 bridgehead atoms. The highest BCUT2D eigenvalue weighted by molar-refractivity contribution is 7.14. The highest BCUT2D eigenvalue weighted by Gasteiger charge is 2.24. The summed E-state index contributed by atoms with van der Waals surface area (Å²) in [6, 6.07) is 0. The molecule has 2 rings (SSSR count). The minimum Gasteiger partial charge on any atom is -0.364 e. The van der Waals surface area contributed by atoms with Crippen molar-refractivity contribution in [1.82, 2.24) is 14.6 Å². The number of aromatic nitrogens is 3. The van der Waals surface area contributed by atoms with Crippen molar-refractivity contribution in [2.75, 3.05) is 11.9 Å². The van der Waals surface area contributed by atoms with E-state index in [0.29, 0.717) is 11.5 Å². The van der Waals surface area contributed by atoms with Crippen LogP contribution < -0.4 is 10.9 Å². The lowest BCUT2D eigenvalue weighted by Gasteiger charge is -2.03. The minimum absolute atomic E-state index is 0.00565. The first-order valence-corrected chi connectivity index (χ1v) is 5.78. The van der Waals surface area contributed by atoms with E-state index in [1.807, 2.05) is 6.92 Å². The molecule has 8 nitrogen and oxygen atoms in total. The first-order chi connectivity index (χ1) is 8.15. The Morgan fingerprint density at radius 3 is 3.06 bits per heavy atom. The summed E-state index contributed by atoms with van der Waals surface area (Å²) >= 11 is 1.15. The maximum absolute atomic E-state index is 11.8. The van der Waals surface area contributed by atoms with Gasteiger partial charge in [0, 0.05) is 6.54 Å². The van der Waals surface area contributed by atoms with Crippen LogP contribution in [0.15, 0.2) is 10.3 Å². The van der Waals surface area contributed by atoms with Crippen LogP contribution >= 0.6 is 11.3 Å². The maximum atomic E-state index is 11.8. The van der Waals surface area contributed by atoms with Crippen LogP contribution in [0.3, 0.4) is 0 Å². The monoisotopic (exact) mass is 255 g/mol. The number of rotatable bonds is 4. The van der Waals surface area contributed by atoms with Crippen molar-refractivity contribution in [1.29, 1.82) is 0 Å². The molecule has 0 saturated heterocycles. The molecule has 2 aromatic heterocycles. The average Bonchev–Trinajstić information content (AvgIpc) is 2.74. The quantitative estimate of drug-likeness (QED) is 0.642. The first-order valence-electron chi connectivity index (χ1n) is 4.90. The summed E-state index contributed by atoms with van der Waals surface area (Å²) < 4.78 is 0.930.